The van der Waals surface area contributed by atoms with Crippen molar-refractivity contribution in [2.75, 3.05) is 0 Å². The number of hydrogen-bond donors (Lipinski definition) is 0. The Kier molecular flexibility index (Phi) is 3.68. The van der Waals surface area contributed by atoms with Gasteiger partial charge in [0.25, 0.3) is 6.47 Å². The van der Waals surface area contributed by atoms with Crippen molar-refractivity contribution in [2.24, 2.45) is 0 Å². The van der Waals surface area contributed by atoms with Crippen LogP contribution in [0.25, 0.3) is 0 Å². The molecule has 0 unspecified atom stereocenters. The summed E-state index contributed by atoms with van der Waals surface area (Å²) in [6, 6.07) is 1.31. The van der Waals surface area contributed by atoms with Crippen LogP contribution in [0, 0.1) is 0 Å². The van der Waals surface area contributed by atoms with Crippen molar-refractivity contribution < 1.29 is 9.53 Å². The van der Waals surface area contributed by atoms with Gasteiger partial charge in [-0.05, 0) is 0 Å². The number of carbonyl (C=O) groups excluding carboxylic acids is 1. The van der Waals surface area contributed by atoms with Gasteiger partial charge in [-0.1, -0.05) is 46.4 Å². The zero-order chi connectivity index (χ0) is 10.0. The largest absolute Gasteiger partial charge is 0.427 e. The van der Waals surface area contributed by atoms with Crippen LogP contribution in [0.2, 0.25) is 20.1 Å². The lowest BCUT2D eigenvalue weighted by Crippen LogP contribution is -1.90. The fourth-order valence-corrected chi connectivity index (χ4v) is 1.52. The Balaban J connectivity index is 3.31. The predicted molar refractivity (Wildman–Crippen MR) is 53.2 cm³/mol. The SMILES string of the molecule is O=COc1cc(Cl)c(Cl)c(Cl)c1Cl. The molecule has 0 heterocycles. The van der Waals surface area contributed by atoms with Gasteiger partial charge in [0.1, 0.15) is 5.02 Å². The van der Waals surface area contributed by atoms with Gasteiger partial charge in [0, 0.05) is 6.07 Å². The number of ether oxygens (including phenoxy) is 1. The standard InChI is InChI=1S/C7H2Cl4O2/c8-3-1-4(13-2-12)6(10)7(11)5(3)9/h1-2H. The van der Waals surface area contributed by atoms with Gasteiger partial charge in [-0.25, -0.2) is 0 Å². The van der Waals surface area contributed by atoms with Crippen molar-refractivity contribution in [3.63, 3.8) is 0 Å². The van der Waals surface area contributed by atoms with Crippen molar-refractivity contribution in [3.8, 4) is 5.75 Å². The summed E-state index contributed by atoms with van der Waals surface area (Å²) < 4.78 is 4.51. The molecule has 0 aliphatic rings. The Hall–Kier alpha value is -0.150. The molecule has 0 amide bonds. The molecule has 0 aliphatic heterocycles. The average Bonchev–Trinajstić information content (AvgIpc) is 2.11. The number of rotatable bonds is 2. The van der Waals surface area contributed by atoms with E-state index >= 15 is 0 Å². The Labute approximate surface area is 94.3 Å². The zero-order valence-corrected chi connectivity index (χ0v) is 9.01. The Morgan fingerprint density at radius 1 is 1.08 bits per heavy atom. The predicted octanol–water partition coefficient (Wildman–Crippen LogP) is 3.84. The normalized spacial score (nSPS) is 9.85. The summed E-state index contributed by atoms with van der Waals surface area (Å²) in [4.78, 5) is 10.0. The summed E-state index contributed by atoms with van der Waals surface area (Å²) >= 11 is 22.7. The van der Waals surface area contributed by atoms with Crippen LogP contribution >= 0.6 is 46.4 Å². The maximum absolute atomic E-state index is 10.0. The van der Waals surface area contributed by atoms with Crippen LogP contribution in [0.4, 0.5) is 0 Å². The first-order valence-electron chi connectivity index (χ1n) is 3.01. The van der Waals surface area contributed by atoms with Gasteiger partial charge in [-0.2, -0.15) is 0 Å². The van der Waals surface area contributed by atoms with E-state index < -0.39 is 0 Å². The first kappa shape index (κ1) is 10.9. The number of carbonyl (C=O) groups is 1. The Bertz CT molecular complexity index is 351. The molecule has 0 atom stereocenters. The summed E-state index contributed by atoms with van der Waals surface area (Å²) in [6.07, 6.45) is 0. The van der Waals surface area contributed by atoms with E-state index in [0.717, 1.165) is 0 Å². The van der Waals surface area contributed by atoms with Crippen LogP contribution in [0.1, 0.15) is 0 Å². The maximum Gasteiger partial charge on any atom is 0.298 e. The van der Waals surface area contributed by atoms with Crippen LogP contribution in [0.15, 0.2) is 6.07 Å². The van der Waals surface area contributed by atoms with Crippen LogP contribution in [0.5, 0.6) is 5.75 Å². The third-order valence-electron chi connectivity index (χ3n) is 1.24. The first-order valence-corrected chi connectivity index (χ1v) is 4.52. The Morgan fingerprint density at radius 2 is 1.69 bits per heavy atom. The molecule has 6 heteroatoms. The third kappa shape index (κ3) is 2.20. The topological polar surface area (TPSA) is 26.3 Å². The quantitative estimate of drug-likeness (QED) is 0.458. The molecule has 1 rings (SSSR count). The van der Waals surface area contributed by atoms with Crippen molar-refractivity contribution in [1.82, 2.24) is 0 Å². The Morgan fingerprint density at radius 3 is 2.23 bits per heavy atom. The molecular weight excluding hydrogens is 258 g/mol. The number of halogens is 4. The highest BCUT2D eigenvalue weighted by molar-refractivity contribution is 6.52. The summed E-state index contributed by atoms with van der Waals surface area (Å²) in [5.74, 6) is 0.0797. The molecule has 1 aromatic rings. The minimum Gasteiger partial charge on any atom is -0.427 e. The average molecular weight is 260 g/mol. The second kappa shape index (κ2) is 4.38. The van der Waals surface area contributed by atoms with Gasteiger partial charge >= 0.3 is 0 Å². The molecule has 0 aromatic heterocycles. The lowest BCUT2D eigenvalue weighted by Gasteiger charge is -2.05. The summed E-state index contributed by atoms with van der Waals surface area (Å²) in [7, 11) is 0. The lowest BCUT2D eigenvalue weighted by atomic mass is 10.3. The molecule has 0 spiro atoms. The van der Waals surface area contributed by atoms with E-state index in [2.05, 4.69) is 4.74 Å². The van der Waals surface area contributed by atoms with E-state index in [1.165, 1.54) is 6.07 Å². The van der Waals surface area contributed by atoms with E-state index in [-0.39, 0.29) is 32.3 Å². The lowest BCUT2D eigenvalue weighted by molar-refractivity contribution is -0.120. The molecule has 0 N–H and O–H groups in total. The van der Waals surface area contributed by atoms with Crippen molar-refractivity contribution >= 4 is 52.9 Å². The van der Waals surface area contributed by atoms with E-state index in [4.69, 9.17) is 46.4 Å². The minimum atomic E-state index is 0.0585. The van der Waals surface area contributed by atoms with Crippen LogP contribution in [-0.2, 0) is 4.79 Å². The number of hydrogen-bond acceptors (Lipinski definition) is 2. The minimum absolute atomic E-state index is 0.0585. The smallest absolute Gasteiger partial charge is 0.298 e. The molecule has 70 valence electrons. The van der Waals surface area contributed by atoms with Gasteiger partial charge < -0.3 is 4.74 Å². The highest BCUT2D eigenvalue weighted by atomic mass is 35.5. The monoisotopic (exact) mass is 258 g/mol. The molecule has 0 fully saturated rings. The molecule has 0 saturated heterocycles. The van der Waals surface area contributed by atoms with Crippen molar-refractivity contribution in [1.29, 1.82) is 0 Å². The summed E-state index contributed by atoms with van der Waals surface area (Å²) in [6.45, 7) is 0.224. The highest BCUT2D eigenvalue weighted by Crippen LogP contribution is 2.41. The maximum atomic E-state index is 10.0. The van der Waals surface area contributed by atoms with Crippen LogP contribution in [0.3, 0.4) is 0 Å². The summed E-state index contributed by atoms with van der Waals surface area (Å²) in [5, 5.41) is 0.426. The third-order valence-corrected chi connectivity index (χ3v) is 2.98. The van der Waals surface area contributed by atoms with Gasteiger partial charge in [0.05, 0.1) is 15.1 Å². The van der Waals surface area contributed by atoms with E-state index in [1.807, 2.05) is 0 Å². The molecular formula is C7H2Cl4O2. The van der Waals surface area contributed by atoms with Gasteiger partial charge in [0.15, 0.2) is 5.75 Å². The van der Waals surface area contributed by atoms with Crippen LogP contribution < -0.4 is 4.74 Å². The molecule has 0 radical (unpaired) electrons. The second-order valence-electron chi connectivity index (χ2n) is 2.01. The molecule has 2 nitrogen and oxygen atoms in total. The van der Waals surface area contributed by atoms with E-state index in [0.29, 0.717) is 0 Å². The van der Waals surface area contributed by atoms with Gasteiger partial charge in [-0.3, -0.25) is 4.79 Å². The molecule has 0 saturated carbocycles. The first-order chi connectivity index (χ1) is 6.07. The second-order valence-corrected chi connectivity index (χ2v) is 3.55. The molecule has 0 aliphatic carbocycles. The van der Waals surface area contributed by atoms with Crippen molar-refractivity contribution in [3.05, 3.63) is 26.2 Å². The fraction of sp³-hybridized carbons (Fsp3) is 0. The highest BCUT2D eigenvalue weighted by Gasteiger charge is 2.13. The molecule has 13 heavy (non-hydrogen) atoms. The summed E-state index contributed by atoms with van der Waals surface area (Å²) in [5.41, 5.74) is 0. The fourth-order valence-electron chi connectivity index (χ4n) is 0.689. The van der Waals surface area contributed by atoms with Crippen molar-refractivity contribution in [2.45, 2.75) is 0 Å². The van der Waals surface area contributed by atoms with Gasteiger partial charge in [0.2, 0.25) is 0 Å². The van der Waals surface area contributed by atoms with E-state index in [1.54, 1.807) is 0 Å². The number of benzene rings is 1. The van der Waals surface area contributed by atoms with Gasteiger partial charge in [-0.15, -0.1) is 0 Å². The molecule has 0 bridgehead atoms. The molecule has 1 aromatic carbocycles. The van der Waals surface area contributed by atoms with E-state index in [9.17, 15) is 4.79 Å². The zero-order valence-electron chi connectivity index (χ0n) is 5.98. The van der Waals surface area contributed by atoms with Crippen LogP contribution in [-0.4, -0.2) is 6.47 Å².